The van der Waals surface area contributed by atoms with Gasteiger partial charge in [-0.25, -0.2) is 9.97 Å². The van der Waals surface area contributed by atoms with Crippen LogP contribution in [0.15, 0.2) is 53.5 Å². The summed E-state index contributed by atoms with van der Waals surface area (Å²) in [7, 11) is 0. The number of aromatic nitrogens is 4. The molecule has 1 saturated heterocycles. The van der Waals surface area contributed by atoms with E-state index in [1.54, 1.807) is 12.1 Å². The third-order valence-electron chi connectivity index (χ3n) is 4.84. The normalized spacial score (nSPS) is 14.4. The Kier molecular flexibility index (Phi) is 4.53. The number of hydrogen-bond acceptors (Lipinski definition) is 7. The lowest BCUT2D eigenvalue weighted by Crippen LogP contribution is -2.44. The van der Waals surface area contributed by atoms with Gasteiger partial charge in [0.05, 0.1) is 0 Å². The van der Waals surface area contributed by atoms with Crippen LogP contribution in [0.25, 0.3) is 26.7 Å². The molecule has 1 fully saturated rings. The van der Waals surface area contributed by atoms with Crippen LogP contribution < -0.4 is 15.8 Å². The third-order valence-corrected chi connectivity index (χ3v) is 5.80. The molecule has 0 aliphatic carbocycles. The van der Waals surface area contributed by atoms with Gasteiger partial charge in [-0.15, -0.1) is 0 Å². The second kappa shape index (κ2) is 7.34. The molecule has 0 bridgehead atoms. The van der Waals surface area contributed by atoms with Crippen molar-refractivity contribution in [2.24, 2.45) is 0 Å². The van der Waals surface area contributed by atoms with E-state index < -0.39 is 5.95 Å². The van der Waals surface area contributed by atoms with Crippen LogP contribution in [0, 0.1) is 5.95 Å². The molecule has 0 unspecified atom stereocenters. The highest BCUT2D eigenvalue weighted by Gasteiger charge is 2.16. The van der Waals surface area contributed by atoms with Crippen LogP contribution in [0.4, 0.5) is 10.2 Å². The van der Waals surface area contributed by atoms with E-state index >= 15 is 0 Å². The summed E-state index contributed by atoms with van der Waals surface area (Å²) in [4.78, 5) is 23.6. The van der Waals surface area contributed by atoms with Crippen molar-refractivity contribution in [3.63, 3.8) is 0 Å². The highest BCUT2D eigenvalue weighted by molar-refractivity contribution is 7.19. The van der Waals surface area contributed by atoms with Crippen molar-refractivity contribution < 1.29 is 4.39 Å². The first-order chi connectivity index (χ1) is 14.2. The molecule has 0 amide bonds. The fraction of sp³-hybridized carbons (Fsp3) is 0.200. The molecular weight excluding hydrogens is 391 g/mol. The lowest BCUT2D eigenvalue weighted by molar-refractivity contribution is 0.584. The van der Waals surface area contributed by atoms with Crippen LogP contribution in [0.2, 0.25) is 0 Å². The van der Waals surface area contributed by atoms with Crippen molar-refractivity contribution in [1.82, 2.24) is 24.9 Å². The van der Waals surface area contributed by atoms with Gasteiger partial charge in [-0.05, 0) is 23.8 Å². The average Bonchev–Trinajstić information content (AvgIpc) is 3.20. The summed E-state index contributed by atoms with van der Waals surface area (Å²) in [6, 6.07) is 12.3. The van der Waals surface area contributed by atoms with Crippen molar-refractivity contribution in [3.8, 4) is 21.7 Å². The van der Waals surface area contributed by atoms with E-state index in [-0.39, 0.29) is 5.56 Å². The summed E-state index contributed by atoms with van der Waals surface area (Å²) in [6.07, 6.45) is 1.50. The van der Waals surface area contributed by atoms with Gasteiger partial charge in [0.1, 0.15) is 10.8 Å². The van der Waals surface area contributed by atoms with Crippen molar-refractivity contribution >= 4 is 22.1 Å². The largest absolute Gasteiger partial charge is 0.354 e. The molecule has 1 aliphatic heterocycles. The van der Waals surface area contributed by atoms with Crippen molar-refractivity contribution in [3.05, 3.63) is 65.0 Å². The van der Waals surface area contributed by atoms with Crippen LogP contribution >= 0.6 is 11.3 Å². The molecule has 1 aromatic carbocycles. The van der Waals surface area contributed by atoms with Crippen LogP contribution in [0.5, 0.6) is 0 Å². The number of nitrogens with one attached hydrogen (secondary N) is 1. The van der Waals surface area contributed by atoms with Gasteiger partial charge in [-0.3, -0.25) is 4.79 Å². The molecule has 0 spiro atoms. The van der Waals surface area contributed by atoms with E-state index in [2.05, 4.69) is 25.3 Å². The third kappa shape index (κ3) is 3.50. The first-order valence-corrected chi connectivity index (χ1v) is 10.1. The number of pyridine rings is 1. The standard InChI is InChI=1S/C20H17FN6OS/c21-16-5-4-15(12-23-16)13-2-1-3-14(10-13)19-25-27-18(28)11-17(24-20(27)29-19)26-8-6-22-7-9-26/h1-5,10-12,22H,6-9H2. The summed E-state index contributed by atoms with van der Waals surface area (Å²) in [5, 5.41) is 8.47. The van der Waals surface area contributed by atoms with E-state index in [0.29, 0.717) is 15.8 Å². The maximum absolute atomic E-state index is 13.1. The molecule has 4 heterocycles. The molecule has 146 valence electrons. The molecular formula is C20H17FN6OS. The monoisotopic (exact) mass is 408 g/mol. The van der Waals surface area contributed by atoms with Crippen molar-refractivity contribution in [2.45, 2.75) is 0 Å². The number of anilines is 1. The molecule has 0 atom stereocenters. The number of nitrogens with zero attached hydrogens (tertiary/aromatic N) is 5. The zero-order chi connectivity index (χ0) is 19.8. The first-order valence-electron chi connectivity index (χ1n) is 9.26. The molecule has 9 heteroatoms. The molecule has 5 rings (SSSR count). The topological polar surface area (TPSA) is 75.4 Å². The lowest BCUT2D eigenvalue weighted by atomic mass is 10.1. The summed E-state index contributed by atoms with van der Waals surface area (Å²) in [5.74, 6) is 0.180. The van der Waals surface area contributed by atoms with Gasteiger partial charge in [-0.2, -0.15) is 14.0 Å². The molecule has 3 aromatic heterocycles. The minimum absolute atomic E-state index is 0.190. The number of piperazine rings is 1. The first kappa shape index (κ1) is 17.9. The molecule has 0 saturated carbocycles. The Hall–Kier alpha value is -3.17. The number of rotatable bonds is 3. The van der Waals surface area contributed by atoms with E-state index in [0.717, 1.165) is 42.9 Å². The van der Waals surface area contributed by atoms with Crippen LogP contribution in [-0.4, -0.2) is 45.8 Å². The van der Waals surface area contributed by atoms with Gasteiger partial charge in [-0.1, -0.05) is 29.5 Å². The maximum Gasteiger partial charge on any atom is 0.277 e. The fourth-order valence-electron chi connectivity index (χ4n) is 3.35. The molecule has 0 radical (unpaired) electrons. The number of fused-ring (bicyclic) bond motifs is 1. The van der Waals surface area contributed by atoms with E-state index in [1.165, 1.54) is 28.1 Å². The zero-order valence-electron chi connectivity index (χ0n) is 15.4. The van der Waals surface area contributed by atoms with Gasteiger partial charge in [0, 0.05) is 49.6 Å². The minimum Gasteiger partial charge on any atom is -0.354 e. The summed E-state index contributed by atoms with van der Waals surface area (Å²) >= 11 is 1.37. The van der Waals surface area contributed by atoms with E-state index in [1.807, 2.05) is 24.3 Å². The number of hydrogen-bond donors (Lipinski definition) is 1. The Balaban J connectivity index is 1.53. The Morgan fingerprint density at radius 3 is 2.66 bits per heavy atom. The number of halogens is 1. The Morgan fingerprint density at radius 2 is 1.86 bits per heavy atom. The van der Waals surface area contributed by atoms with E-state index in [9.17, 15) is 9.18 Å². The number of benzene rings is 1. The second-order valence-corrected chi connectivity index (χ2v) is 7.70. The Morgan fingerprint density at radius 1 is 1.03 bits per heavy atom. The molecule has 29 heavy (non-hydrogen) atoms. The van der Waals surface area contributed by atoms with Gasteiger partial charge in [0.15, 0.2) is 0 Å². The molecule has 7 nitrogen and oxygen atoms in total. The smallest absolute Gasteiger partial charge is 0.277 e. The Bertz CT molecular complexity index is 1230. The summed E-state index contributed by atoms with van der Waals surface area (Å²) in [6.45, 7) is 3.39. The van der Waals surface area contributed by atoms with Crippen molar-refractivity contribution in [2.75, 3.05) is 31.1 Å². The average molecular weight is 408 g/mol. The maximum atomic E-state index is 13.1. The van der Waals surface area contributed by atoms with Crippen LogP contribution in [-0.2, 0) is 0 Å². The van der Waals surface area contributed by atoms with Gasteiger partial charge >= 0.3 is 0 Å². The highest BCUT2D eigenvalue weighted by Crippen LogP contribution is 2.29. The predicted molar refractivity (Wildman–Crippen MR) is 111 cm³/mol. The summed E-state index contributed by atoms with van der Waals surface area (Å²) in [5.41, 5.74) is 2.39. The SMILES string of the molecule is O=c1cc(N2CCNCC2)nc2sc(-c3cccc(-c4ccc(F)nc4)c3)nn12. The summed E-state index contributed by atoms with van der Waals surface area (Å²) < 4.78 is 14.4. The highest BCUT2D eigenvalue weighted by atomic mass is 32.1. The zero-order valence-corrected chi connectivity index (χ0v) is 16.2. The molecule has 1 N–H and O–H groups in total. The van der Waals surface area contributed by atoms with E-state index in [4.69, 9.17) is 0 Å². The molecule has 1 aliphatic rings. The molecule has 4 aromatic rings. The Labute approximate surface area is 169 Å². The quantitative estimate of drug-likeness (QED) is 0.525. The minimum atomic E-state index is -0.512. The van der Waals surface area contributed by atoms with Gasteiger partial charge < -0.3 is 10.2 Å². The lowest BCUT2D eigenvalue weighted by Gasteiger charge is -2.27. The van der Waals surface area contributed by atoms with Crippen molar-refractivity contribution in [1.29, 1.82) is 0 Å². The van der Waals surface area contributed by atoms with Crippen LogP contribution in [0.1, 0.15) is 0 Å². The fourth-order valence-corrected chi connectivity index (χ4v) is 4.25. The van der Waals surface area contributed by atoms with Gasteiger partial charge in [0.25, 0.3) is 5.56 Å². The van der Waals surface area contributed by atoms with Gasteiger partial charge in [0.2, 0.25) is 10.9 Å². The second-order valence-electron chi connectivity index (χ2n) is 6.74. The predicted octanol–water partition coefficient (Wildman–Crippen LogP) is 2.43. The van der Waals surface area contributed by atoms with Crippen LogP contribution in [0.3, 0.4) is 0 Å².